The average Bonchev–Trinajstić information content (AvgIpc) is 2.29. The van der Waals surface area contributed by atoms with Gasteiger partial charge in [-0.3, -0.25) is 0 Å². The maximum Gasteiger partial charge on any atom is 0.123 e. The maximum absolute atomic E-state index is 12.9. The Morgan fingerprint density at radius 3 is 2.18 bits per heavy atom. The highest BCUT2D eigenvalue weighted by Gasteiger charge is 2.09. The second kappa shape index (κ2) is 4.75. The van der Waals surface area contributed by atoms with Crippen molar-refractivity contribution in [3.63, 3.8) is 0 Å². The Morgan fingerprint density at radius 2 is 1.59 bits per heavy atom. The summed E-state index contributed by atoms with van der Waals surface area (Å²) in [7, 11) is -1.02. The quantitative estimate of drug-likeness (QED) is 0.588. The van der Waals surface area contributed by atoms with Gasteiger partial charge in [0, 0.05) is 0 Å². The lowest BCUT2D eigenvalue weighted by Crippen LogP contribution is -1.88. The molecule has 0 nitrogen and oxygen atoms in total. The molecule has 0 radical (unpaired) electrons. The first kappa shape index (κ1) is 12.5. The molecule has 0 aliphatic rings. The van der Waals surface area contributed by atoms with Gasteiger partial charge in [0.05, 0.1) is 0 Å². The second-order valence-electron chi connectivity index (χ2n) is 4.31. The molecule has 0 atom stereocenters. The summed E-state index contributed by atoms with van der Waals surface area (Å²) in [6.45, 7) is 0. The molecule has 0 amide bonds. The van der Waals surface area contributed by atoms with E-state index in [2.05, 4.69) is 36.3 Å². The first-order valence-corrected chi connectivity index (χ1v) is 8.79. The zero-order valence-electron chi connectivity index (χ0n) is 9.85. The van der Waals surface area contributed by atoms with Crippen LogP contribution in [0.25, 0.3) is 11.1 Å². The SMILES string of the molecule is CS(C)(S)c1cccc(-c2ccc(F)cc2)c1. The van der Waals surface area contributed by atoms with Gasteiger partial charge in [0.25, 0.3) is 0 Å². The van der Waals surface area contributed by atoms with E-state index in [0.717, 1.165) is 11.1 Å². The molecule has 0 N–H and O–H groups in total. The summed E-state index contributed by atoms with van der Waals surface area (Å²) in [5.74, 6) is -0.204. The Morgan fingerprint density at radius 1 is 0.941 bits per heavy atom. The van der Waals surface area contributed by atoms with Crippen LogP contribution in [-0.2, 0) is 0 Å². The van der Waals surface area contributed by atoms with E-state index >= 15 is 0 Å². The third kappa shape index (κ3) is 3.05. The van der Waals surface area contributed by atoms with Crippen LogP contribution < -0.4 is 0 Å². The minimum absolute atomic E-state index is 0.204. The molecule has 3 heteroatoms. The first-order chi connectivity index (χ1) is 7.97. The topological polar surface area (TPSA) is 0 Å². The normalized spacial score (nSPS) is 12.5. The molecular weight excluding hydrogens is 251 g/mol. The van der Waals surface area contributed by atoms with Gasteiger partial charge in [-0.25, -0.2) is 4.39 Å². The van der Waals surface area contributed by atoms with E-state index in [1.807, 2.05) is 12.1 Å². The van der Waals surface area contributed by atoms with Crippen molar-refractivity contribution in [2.24, 2.45) is 0 Å². The molecule has 0 aliphatic carbocycles. The van der Waals surface area contributed by atoms with Crippen LogP contribution in [0.5, 0.6) is 0 Å². The number of thiol groups is 1. The molecule has 90 valence electrons. The van der Waals surface area contributed by atoms with Crippen LogP contribution in [0.4, 0.5) is 4.39 Å². The van der Waals surface area contributed by atoms with Crippen LogP contribution in [0.2, 0.25) is 0 Å². The molecule has 0 aromatic heterocycles. The number of rotatable bonds is 2. The first-order valence-electron chi connectivity index (χ1n) is 5.28. The predicted octanol–water partition coefficient (Wildman–Crippen LogP) is 4.76. The lowest BCUT2D eigenvalue weighted by molar-refractivity contribution is 0.628. The summed E-state index contributed by atoms with van der Waals surface area (Å²) < 4.78 is 12.9. The van der Waals surface area contributed by atoms with Gasteiger partial charge in [0.15, 0.2) is 0 Å². The fourth-order valence-corrected chi connectivity index (χ4v) is 2.80. The van der Waals surface area contributed by atoms with Gasteiger partial charge in [-0.15, -0.1) is 11.7 Å². The minimum Gasteiger partial charge on any atom is -0.207 e. The zero-order chi connectivity index (χ0) is 12.5. The Bertz CT molecular complexity index is 512. The lowest BCUT2D eigenvalue weighted by Gasteiger charge is -2.24. The largest absolute Gasteiger partial charge is 0.207 e. The molecule has 0 fully saturated rings. The van der Waals surface area contributed by atoms with E-state index in [1.54, 1.807) is 12.1 Å². The van der Waals surface area contributed by atoms with Crippen molar-refractivity contribution in [1.82, 2.24) is 0 Å². The zero-order valence-corrected chi connectivity index (χ0v) is 11.6. The second-order valence-corrected chi connectivity index (χ2v) is 10.1. The van der Waals surface area contributed by atoms with Crippen molar-refractivity contribution in [3.05, 3.63) is 54.3 Å². The molecule has 0 heterocycles. The molecule has 0 unspecified atom stereocenters. The van der Waals surface area contributed by atoms with Crippen LogP contribution in [0.1, 0.15) is 0 Å². The van der Waals surface area contributed by atoms with E-state index in [9.17, 15) is 4.39 Å². The summed E-state index contributed by atoms with van der Waals surface area (Å²) in [5.41, 5.74) is 2.14. The van der Waals surface area contributed by atoms with Gasteiger partial charge in [0.2, 0.25) is 0 Å². The van der Waals surface area contributed by atoms with Gasteiger partial charge in [-0.05, 0) is 52.8 Å². The minimum atomic E-state index is -1.02. The molecule has 2 rings (SSSR count). The van der Waals surface area contributed by atoms with E-state index < -0.39 is 9.06 Å². The standard InChI is InChI=1S/C14H15FS2/c1-17(2,16)14-5-3-4-12(10-14)11-6-8-13(15)9-7-11/h3-10,16H,1-2H3. The van der Waals surface area contributed by atoms with E-state index in [0.29, 0.717) is 0 Å². The summed E-state index contributed by atoms with van der Waals surface area (Å²) in [4.78, 5) is 1.24. The van der Waals surface area contributed by atoms with Crippen LogP contribution in [0.15, 0.2) is 53.4 Å². The summed E-state index contributed by atoms with van der Waals surface area (Å²) in [5, 5.41) is 0. The van der Waals surface area contributed by atoms with Gasteiger partial charge in [-0.1, -0.05) is 24.3 Å². The van der Waals surface area contributed by atoms with Crippen LogP contribution >= 0.6 is 20.7 Å². The van der Waals surface area contributed by atoms with Gasteiger partial charge in [0.1, 0.15) is 5.82 Å². The third-order valence-corrected chi connectivity index (χ3v) is 4.63. The van der Waals surface area contributed by atoms with E-state index in [1.165, 1.54) is 17.0 Å². The molecule has 0 aliphatic heterocycles. The molecule has 2 aromatic carbocycles. The van der Waals surface area contributed by atoms with E-state index in [-0.39, 0.29) is 5.82 Å². The van der Waals surface area contributed by atoms with E-state index in [4.69, 9.17) is 0 Å². The van der Waals surface area contributed by atoms with Crippen molar-refractivity contribution in [2.45, 2.75) is 4.90 Å². The Kier molecular flexibility index (Phi) is 3.50. The summed E-state index contributed by atoms with van der Waals surface area (Å²) in [6, 6.07) is 14.9. The van der Waals surface area contributed by atoms with Crippen LogP contribution in [-0.4, -0.2) is 12.5 Å². The number of halogens is 1. The molecule has 17 heavy (non-hydrogen) atoms. The van der Waals surface area contributed by atoms with Crippen molar-refractivity contribution in [2.75, 3.05) is 12.5 Å². The third-order valence-electron chi connectivity index (χ3n) is 2.59. The predicted molar refractivity (Wildman–Crippen MR) is 78.5 cm³/mol. The monoisotopic (exact) mass is 266 g/mol. The maximum atomic E-state index is 12.9. The van der Waals surface area contributed by atoms with Gasteiger partial charge in [-0.2, -0.15) is 9.06 Å². The molecular formula is C14H15FS2. The molecule has 0 bridgehead atoms. The molecule has 0 saturated heterocycles. The molecule has 0 spiro atoms. The number of hydrogen-bond donors (Lipinski definition) is 1. The van der Waals surface area contributed by atoms with Gasteiger partial charge >= 0.3 is 0 Å². The fourth-order valence-electron chi connectivity index (χ4n) is 1.63. The van der Waals surface area contributed by atoms with Crippen LogP contribution in [0.3, 0.4) is 0 Å². The highest BCUT2D eigenvalue weighted by molar-refractivity contribution is 8.87. The molecule has 2 aromatic rings. The Hall–Kier alpha value is -0.930. The average molecular weight is 266 g/mol. The smallest absolute Gasteiger partial charge is 0.123 e. The number of hydrogen-bond acceptors (Lipinski definition) is 1. The highest BCUT2D eigenvalue weighted by atomic mass is 33.1. The fraction of sp³-hybridized carbons (Fsp3) is 0.143. The Labute approximate surface area is 108 Å². The Balaban J connectivity index is 2.43. The number of benzene rings is 2. The van der Waals surface area contributed by atoms with Gasteiger partial charge < -0.3 is 0 Å². The summed E-state index contributed by atoms with van der Waals surface area (Å²) >= 11 is 4.64. The van der Waals surface area contributed by atoms with Crippen molar-refractivity contribution < 1.29 is 4.39 Å². The van der Waals surface area contributed by atoms with Crippen LogP contribution in [0, 0.1) is 5.82 Å². The van der Waals surface area contributed by atoms with Crippen molar-refractivity contribution in [1.29, 1.82) is 0 Å². The van der Waals surface area contributed by atoms with Crippen molar-refractivity contribution in [3.8, 4) is 11.1 Å². The summed E-state index contributed by atoms with van der Waals surface area (Å²) in [6.07, 6.45) is 4.28. The lowest BCUT2D eigenvalue weighted by atomic mass is 10.1. The molecule has 0 saturated carbocycles. The van der Waals surface area contributed by atoms with Crippen molar-refractivity contribution >= 4 is 20.7 Å². The highest BCUT2D eigenvalue weighted by Crippen LogP contribution is 2.53.